The molecule has 0 spiro atoms. The fraction of sp³-hybridized carbons (Fsp3) is 1.00. The first-order chi connectivity index (χ1) is 5.27. The van der Waals surface area contributed by atoms with Crippen molar-refractivity contribution in [3.8, 4) is 0 Å². The predicted molar refractivity (Wildman–Crippen MR) is 53.6 cm³/mol. The number of rotatable bonds is 7. The lowest BCUT2D eigenvalue weighted by molar-refractivity contribution is 0.605. The molecule has 0 aromatic heterocycles. The number of hydrogen-bond donors (Lipinski definition) is 0. The maximum atomic E-state index is 10.2. The highest BCUT2D eigenvalue weighted by atomic mass is 127. The Morgan fingerprint density at radius 2 is 1.45 bits per heavy atom. The summed E-state index contributed by atoms with van der Waals surface area (Å²) in [5, 5.41) is 0. The quantitative estimate of drug-likeness (QED) is 0.403. The molecule has 0 rings (SSSR count). The molecule has 0 aromatic carbocycles. The minimum atomic E-state index is -2.87. The minimum absolute atomic E-state index is 0.468. The highest BCUT2D eigenvalue weighted by Crippen LogP contribution is 2.11. The van der Waals surface area contributed by atoms with Gasteiger partial charge in [0, 0.05) is 0 Å². The normalized spacial score (nSPS) is 10.7. The van der Waals surface area contributed by atoms with Gasteiger partial charge in [0.2, 0.25) is 0 Å². The van der Waals surface area contributed by atoms with Crippen LogP contribution in [0.5, 0.6) is 0 Å². The van der Waals surface area contributed by atoms with Gasteiger partial charge in [0.15, 0.2) is 0 Å². The van der Waals surface area contributed by atoms with E-state index in [4.69, 9.17) is 0 Å². The first kappa shape index (κ1) is 11.3. The predicted octanol–water partition coefficient (Wildman–Crippen LogP) is 3.54. The van der Waals surface area contributed by atoms with Gasteiger partial charge < -0.3 is 0 Å². The molecule has 2 nitrogen and oxygen atoms in total. The van der Waals surface area contributed by atoms with Crippen LogP contribution < -0.4 is 0 Å². The van der Waals surface area contributed by atoms with Gasteiger partial charge in [-0.2, -0.15) is 0 Å². The average molecular weight is 272 g/mol. The lowest BCUT2D eigenvalue weighted by Gasteiger charge is -1.95. The maximum absolute atomic E-state index is 10.2. The fourth-order valence-electron chi connectivity index (χ4n) is 0.984. The van der Waals surface area contributed by atoms with Gasteiger partial charge in [-0.25, -0.2) is 6.14 Å². The second-order valence-corrected chi connectivity index (χ2v) is 5.42. The molecule has 11 heavy (non-hydrogen) atoms. The molecule has 0 unspecified atom stereocenters. The summed E-state index contributed by atoms with van der Waals surface area (Å²) in [6.45, 7) is 2.18. The molecule has 0 radical (unpaired) electrons. The third-order valence-corrected chi connectivity index (χ3v) is 3.29. The van der Waals surface area contributed by atoms with Crippen LogP contribution in [-0.4, -0.2) is 4.43 Å². The van der Waals surface area contributed by atoms with Crippen LogP contribution in [0.3, 0.4) is 0 Å². The summed E-state index contributed by atoms with van der Waals surface area (Å²) in [6, 6.07) is 0. The summed E-state index contributed by atoms with van der Waals surface area (Å²) in [5.74, 6) is 0. The van der Waals surface area contributed by atoms with E-state index in [-0.39, 0.29) is 0 Å². The maximum Gasteiger partial charge on any atom is 0.307 e. The third kappa shape index (κ3) is 10.3. The summed E-state index contributed by atoms with van der Waals surface area (Å²) < 4.78 is 20.9. The number of hydrogen-bond acceptors (Lipinski definition) is 2. The second kappa shape index (κ2) is 8.43. The van der Waals surface area contributed by atoms with Gasteiger partial charge in [0.25, 0.3) is 0 Å². The van der Waals surface area contributed by atoms with Crippen LogP contribution in [-0.2, 0) is 6.14 Å². The third-order valence-electron chi connectivity index (χ3n) is 1.64. The van der Waals surface area contributed by atoms with Crippen LogP contribution in [0.4, 0.5) is 0 Å². The molecule has 0 fully saturated rings. The fourth-order valence-corrected chi connectivity index (χ4v) is 2.15. The van der Waals surface area contributed by atoms with Gasteiger partial charge in [-0.3, -0.25) is 0 Å². The molecule has 0 saturated carbocycles. The largest absolute Gasteiger partial charge is 0.307 e. The Labute approximate surface area is 75.9 Å². The zero-order valence-corrected chi connectivity index (χ0v) is 9.30. The lowest BCUT2D eigenvalue weighted by Crippen LogP contribution is -1.79. The summed E-state index contributed by atoms with van der Waals surface area (Å²) in [4.78, 5) is 0. The van der Waals surface area contributed by atoms with E-state index in [1.165, 1.54) is 25.7 Å². The molecule has 0 heterocycles. The zero-order valence-electron chi connectivity index (χ0n) is 7.14. The monoisotopic (exact) mass is 272 g/mol. The Kier molecular flexibility index (Phi) is 8.68. The highest BCUT2D eigenvalue weighted by molar-refractivity contribution is 14.2. The molecule has 0 aliphatic heterocycles. The molecule has 0 aliphatic rings. The number of unbranched alkanes of at least 4 members (excludes halogenated alkanes) is 5. The topological polar surface area (TPSA) is 34.1 Å². The molecule has 0 aromatic rings. The van der Waals surface area contributed by atoms with E-state index in [1.807, 2.05) is 0 Å². The SMILES string of the molecule is CCCCCCCCI(=O)=O. The van der Waals surface area contributed by atoms with Gasteiger partial charge in [-0.15, -0.1) is 0 Å². The van der Waals surface area contributed by atoms with Gasteiger partial charge in [0.05, 0.1) is 4.43 Å². The molecule has 3 heteroatoms. The average Bonchev–Trinajstić information content (AvgIpc) is 1.96. The standard InChI is InChI=1S/C8H17IO2/c1-2-3-4-5-6-7-8-9(10)11/h2-8H2,1H3. The van der Waals surface area contributed by atoms with Crippen LogP contribution in [0.1, 0.15) is 45.4 Å². The molecule has 0 saturated heterocycles. The van der Waals surface area contributed by atoms with Gasteiger partial charge in [0.1, 0.15) is 0 Å². The van der Waals surface area contributed by atoms with Gasteiger partial charge in [-0.05, 0) is 6.42 Å². The summed E-state index contributed by atoms with van der Waals surface area (Å²) >= 11 is -2.87. The van der Waals surface area contributed by atoms with Crippen molar-refractivity contribution in [2.45, 2.75) is 45.4 Å². The van der Waals surface area contributed by atoms with Crippen LogP contribution in [0.25, 0.3) is 0 Å². The first-order valence-corrected chi connectivity index (χ1v) is 7.57. The summed E-state index contributed by atoms with van der Waals surface area (Å²) in [7, 11) is 0. The molecule has 0 atom stereocenters. The molecule has 0 aliphatic carbocycles. The van der Waals surface area contributed by atoms with Crippen molar-refractivity contribution in [2.24, 2.45) is 0 Å². The van der Waals surface area contributed by atoms with E-state index >= 15 is 0 Å². The number of alkyl halides is 1. The zero-order chi connectivity index (χ0) is 8.53. The summed E-state index contributed by atoms with van der Waals surface area (Å²) in [5.41, 5.74) is 0. The van der Waals surface area contributed by atoms with E-state index in [1.54, 1.807) is 0 Å². The van der Waals surface area contributed by atoms with E-state index in [0.717, 1.165) is 12.8 Å². The summed E-state index contributed by atoms with van der Waals surface area (Å²) in [6.07, 6.45) is 7.00. The highest BCUT2D eigenvalue weighted by Gasteiger charge is 1.92. The van der Waals surface area contributed by atoms with Gasteiger partial charge in [-0.1, -0.05) is 39.0 Å². The van der Waals surface area contributed by atoms with Crippen LogP contribution >= 0.6 is 19.8 Å². The van der Waals surface area contributed by atoms with Crippen molar-refractivity contribution < 1.29 is 6.14 Å². The van der Waals surface area contributed by atoms with Crippen LogP contribution in [0, 0.1) is 0 Å². The van der Waals surface area contributed by atoms with E-state index < -0.39 is 19.8 Å². The number of halogens is 1. The lowest BCUT2D eigenvalue weighted by atomic mass is 10.1. The van der Waals surface area contributed by atoms with Crippen molar-refractivity contribution in [1.82, 2.24) is 0 Å². The Hall–Kier alpha value is 0.330. The van der Waals surface area contributed by atoms with Crippen molar-refractivity contribution in [2.75, 3.05) is 4.43 Å². The molecule has 0 N–H and O–H groups in total. The Morgan fingerprint density at radius 3 is 2.00 bits per heavy atom. The molecule has 0 bridgehead atoms. The van der Waals surface area contributed by atoms with Crippen molar-refractivity contribution in [3.05, 3.63) is 0 Å². The van der Waals surface area contributed by atoms with E-state index in [9.17, 15) is 6.14 Å². The second-order valence-electron chi connectivity index (χ2n) is 2.74. The van der Waals surface area contributed by atoms with Crippen molar-refractivity contribution in [3.63, 3.8) is 0 Å². The Morgan fingerprint density at radius 1 is 0.909 bits per heavy atom. The molecular formula is C8H17IO2. The van der Waals surface area contributed by atoms with Gasteiger partial charge >= 0.3 is 19.8 Å². The Balaban J connectivity index is 2.90. The van der Waals surface area contributed by atoms with Crippen LogP contribution in [0.2, 0.25) is 0 Å². The first-order valence-electron chi connectivity index (χ1n) is 4.28. The van der Waals surface area contributed by atoms with Crippen molar-refractivity contribution >= 4 is 19.8 Å². The smallest absolute Gasteiger partial charge is 0.235 e. The molecule has 0 amide bonds. The minimum Gasteiger partial charge on any atom is -0.235 e. The van der Waals surface area contributed by atoms with E-state index in [2.05, 4.69) is 6.92 Å². The molecular weight excluding hydrogens is 255 g/mol. The Bertz CT molecular complexity index is 133. The molecule has 68 valence electrons. The van der Waals surface area contributed by atoms with Crippen LogP contribution in [0.15, 0.2) is 0 Å². The van der Waals surface area contributed by atoms with Crippen molar-refractivity contribution in [1.29, 1.82) is 0 Å². The van der Waals surface area contributed by atoms with E-state index in [0.29, 0.717) is 4.43 Å².